The summed E-state index contributed by atoms with van der Waals surface area (Å²) in [6.45, 7) is 9.26. The second-order valence-corrected chi connectivity index (χ2v) is 9.09. The molecule has 0 saturated carbocycles. The Kier molecular flexibility index (Phi) is 9.32. The van der Waals surface area contributed by atoms with Gasteiger partial charge in [-0.25, -0.2) is 10.5 Å². The van der Waals surface area contributed by atoms with Crippen LogP contribution in [0.3, 0.4) is 0 Å². The predicted molar refractivity (Wildman–Crippen MR) is 118 cm³/mol. The Morgan fingerprint density at radius 1 is 0.867 bits per heavy atom. The third-order valence-electron chi connectivity index (χ3n) is 4.06. The van der Waals surface area contributed by atoms with Gasteiger partial charge in [0.2, 0.25) is 0 Å². The first-order chi connectivity index (χ1) is 14.3. The highest BCUT2D eigenvalue weighted by molar-refractivity contribution is 8.76. The molecule has 0 unspecified atom stereocenters. The van der Waals surface area contributed by atoms with Gasteiger partial charge in [0.15, 0.2) is 0 Å². The van der Waals surface area contributed by atoms with E-state index in [0.29, 0.717) is 19.3 Å². The van der Waals surface area contributed by atoms with Crippen LogP contribution in [0.25, 0.3) is 0 Å². The number of hydrogen-bond acceptors (Lipinski definition) is 7. The average Bonchev–Trinajstić information content (AvgIpc) is 2.70. The van der Waals surface area contributed by atoms with E-state index in [2.05, 4.69) is 29.0 Å². The molecule has 2 aromatic rings. The molecule has 0 aliphatic heterocycles. The Morgan fingerprint density at radius 2 is 1.37 bits per heavy atom. The van der Waals surface area contributed by atoms with Crippen LogP contribution in [0.4, 0.5) is 0 Å². The van der Waals surface area contributed by atoms with Crippen LogP contribution in [0.1, 0.15) is 28.7 Å². The summed E-state index contributed by atoms with van der Waals surface area (Å²) in [6, 6.07) is 11.9. The predicted octanol–water partition coefficient (Wildman–Crippen LogP) is 5.90. The SMILES string of the molecule is C=C(Cc1cc(CC(=C)OO)cc(SSc2cc(C)cc(CCC(=O)O)c2)c1)OO. The highest BCUT2D eigenvalue weighted by Crippen LogP contribution is 2.39. The zero-order chi connectivity index (χ0) is 22.1. The van der Waals surface area contributed by atoms with E-state index in [1.165, 1.54) is 0 Å². The smallest absolute Gasteiger partial charge is 0.303 e. The van der Waals surface area contributed by atoms with Crippen molar-refractivity contribution in [1.82, 2.24) is 0 Å². The van der Waals surface area contributed by atoms with Crippen molar-refractivity contribution in [2.24, 2.45) is 0 Å². The molecule has 160 valence electrons. The van der Waals surface area contributed by atoms with Crippen LogP contribution >= 0.6 is 21.6 Å². The molecule has 0 spiro atoms. The summed E-state index contributed by atoms with van der Waals surface area (Å²) in [6.07, 6.45) is 1.25. The third kappa shape index (κ3) is 8.16. The molecular weight excluding hydrogens is 424 g/mol. The quantitative estimate of drug-likeness (QED) is 0.160. The van der Waals surface area contributed by atoms with E-state index in [1.807, 2.05) is 37.3 Å². The molecule has 0 saturated heterocycles. The lowest BCUT2D eigenvalue weighted by Gasteiger charge is -2.11. The van der Waals surface area contributed by atoms with Crippen molar-refractivity contribution < 1.29 is 30.2 Å². The van der Waals surface area contributed by atoms with Crippen molar-refractivity contribution in [3.05, 3.63) is 83.3 Å². The first kappa shape index (κ1) is 23.9. The lowest BCUT2D eigenvalue weighted by molar-refractivity contribution is -0.204. The summed E-state index contributed by atoms with van der Waals surface area (Å²) in [5.41, 5.74) is 3.82. The fourth-order valence-corrected chi connectivity index (χ4v) is 5.04. The maximum absolute atomic E-state index is 10.8. The topological polar surface area (TPSA) is 96.2 Å². The van der Waals surface area contributed by atoms with Crippen molar-refractivity contribution in [3.8, 4) is 0 Å². The zero-order valence-corrected chi connectivity index (χ0v) is 18.2. The molecule has 30 heavy (non-hydrogen) atoms. The molecule has 0 radical (unpaired) electrons. The number of hydrogen-bond donors (Lipinski definition) is 3. The molecule has 2 aromatic carbocycles. The molecule has 0 aromatic heterocycles. The number of aliphatic carboxylic acids is 1. The highest BCUT2D eigenvalue weighted by Gasteiger charge is 2.09. The van der Waals surface area contributed by atoms with Crippen molar-refractivity contribution in [3.63, 3.8) is 0 Å². The minimum absolute atomic E-state index is 0.0970. The standard InChI is InChI=1S/C22H24O6S2/c1-14-6-17(4-5-22(23)24)11-20(7-14)29-30-21-12-18(8-15(2)27-25)10-19(13-21)9-16(3)28-26/h6-7,10-13,25-26H,2-5,8-9H2,1H3,(H,23,24). The van der Waals surface area contributed by atoms with Gasteiger partial charge in [0.1, 0.15) is 11.5 Å². The molecule has 0 aliphatic carbocycles. The van der Waals surface area contributed by atoms with Gasteiger partial charge in [-0.15, -0.1) is 0 Å². The Bertz CT molecular complexity index is 890. The summed E-state index contributed by atoms with van der Waals surface area (Å²) in [5, 5.41) is 26.5. The van der Waals surface area contributed by atoms with Crippen molar-refractivity contribution in [2.75, 3.05) is 0 Å². The van der Waals surface area contributed by atoms with E-state index < -0.39 is 5.97 Å². The summed E-state index contributed by atoms with van der Waals surface area (Å²) in [5.74, 6) is -0.379. The van der Waals surface area contributed by atoms with Crippen LogP contribution < -0.4 is 0 Å². The van der Waals surface area contributed by atoms with Crippen LogP contribution in [-0.4, -0.2) is 21.6 Å². The molecule has 0 aliphatic rings. The van der Waals surface area contributed by atoms with Crippen LogP contribution in [0.5, 0.6) is 0 Å². The lowest BCUT2D eigenvalue weighted by atomic mass is 10.0. The van der Waals surface area contributed by atoms with Gasteiger partial charge in [-0.3, -0.25) is 4.79 Å². The van der Waals surface area contributed by atoms with E-state index in [1.54, 1.807) is 21.6 Å². The van der Waals surface area contributed by atoms with Crippen molar-refractivity contribution in [2.45, 2.75) is 42.4 Å². The number of rotatable bonds is 12. The Labute approximate surface area is 183 Å². The van der Waals surface area contributed by atoms with Crippen molar-refractivity contribution >= 4 is 27.6 Å². The molecular formula is C22H24O6S2. The molecule has 2 rings (SSSR count). The number of benzene rings is 2. The van der Waals surface area contributed by atoms with E-state index in [9.17, 15) is 4.79 Å². The normalized spacial score (nSPS) is 10.5. The molecule has 0 heterocycles. The molecule has 6 nitrogen and oxygen atoms in total. The minimum Gasteiger partial charge on any atom is -0.481 e. The number of carbonyl (C=O) groups is 1. The zero-order valence-electron chi connectivity index (χ0n) is 16.6. The number of aryl methyl sites for hydroxylation is 2. The molecule has 8 heteroatoms. The number of allylic oxidation sites excluding steroid dienone is 2. The molecule has 0 atom stereocenters. The second-order valence-electron chi connectivity index (χ2n) is 6.81. The minimum atomic E-state index is -0.814. The second kappa shape index (κ2) is 11.7. The van der Waals surface area contributed by atoms with Gasteiger partial charge < -0.3 is 14.9 Å². The van der Waals surface area contributed by atoms with Gasteiger partial charge in [-0.2, -0.15) is 0 Å². The molecule has 3 N–H and O–H groups in total. The Balaban J connectivity index is 2.19. The monoisotopic (exact) mass is 448 g/mol. The number of carboxylic acids is 1. The molecule has 0 bridgehead atoms. The fourth-order valence-electron chi connectivity index (χ4n) is 2.87. The first-order valence-electron chi connectivity index (χ1n) is 9.07. The Hall–Kier alpha value is -2.39. The summed E-state index contributed by atoms with van der Waals surface area (Å²) < 4.78 is 0. The van der Waals surface area contributed by atoms with Crippen LogP contribution in [0.15, 0.2) is 70.9 Å². The van der Waals surface area contributed by atoms with E-state index in [0.717, 1.165) is 32.0 Å². The van der Waals surface area contributed by atoms with Gasteiger partial charge in [0.05, 0.1) is 0 Å². The first-order valence-corrected chi connectivity index (χ1v) is 11.2. The Morgan fingerprint density at radius 3 is 1.87 bits per heavy atom. The van der Waals surface area contributed by atoms with Gasteiger partial charge >= 0.3 is 5.97 Å². The maximum Gasteiger partial charge on any atom is 0.303 e. The third-order valence-corrected chi connectivity index (χ3v) is 6.40. The maximum atomic E-state index is 10.8. The van der Waals surface area contributed by atoms with Gasteiger partial charge in [-0.05, 0) is 59.9 Å². The average molecular weight is 449 g/mol. The van der Waals surface area contributed by atoms with Crippen LogP contribution in [0.2, 0.25) is 0 Å². The van der Waals surface area contributed by atoms with Gasteiger partial charge in [0.25, 0.3) is 0 Å². The molecule has 0 amide bonds. The van der Waals surface area contributed by atoms with E-state index in [4.69, 9.17) is 15.6 Å². The summed E-state index contributed by atoms with van der Waals surface area (Å²) in [7, 11) is 3.11. The fraction of sp³-hybridized carbons (Fsp3) is 0.227. The van der Waals surface area contributed by atoms with E-state index >= 15 is 0 Å². The highest BCUT2D eigenvalue weighted by atomic mass is 33.1. The summed E-state index contributed by atoms with van der Waals surface area (Å²) in [4.78, 5) is 21.2. The summed E-state index contributed by atoms with van der Waals surface area (Å²) >= 11 is 0. The molecule has 0 fully saturated rings. The van der Waals surface area contributed by atoms with Gasteiger partial charge in [-0.1, -0.05) is 46.9 Å². The van der Waals surface area contributed by atoms with Crippen molar-refractivity contribution in [1.29, 1.82) is 0 Å². The largest absolute Gasteiger partial charge is 0.481 e. The van der Waals surface area contributed by atoms with E-state index in [-0.39, 0.29) is 17.9 Å². The lowest BCUT2D eigenvalue weighted by Crippen LogP contribution is -1.98. The number of carboxylic acid groups (broad SMARTS) is 1. The van der Waals surface area contributed by atoms with Crippen LogP contribution in [-0.2, 0) is 33.8 Å². The van der Waals surface area contributed by atoms with Gasteiger partial charge in [0, 0.05) is 29.1 Å². The van der Waals surface area contributed by atoms with Crippen LogP contribution in [0, 0.1) is 6.92 Å².